The Bertz CT molecular complexity index is 2050. The van der Waals surface area contributed by atoms with Gasteiger partial charge in [-0.25, -0.2) is 0 Å². The summed E-state index contributed by atoms with van der Waals surface area (Å²) in [5.74, 6) is -0.309. The summed E-state index contributed by atoms with van der Waals surface area (Å²) in [7, 11) is 0. The summed E-state index contributed by atoms with van der Waals surface area (Å²) in [5.41, 5.74) is 0. The van der Waals surface area contributed by atoms with Gasteiger partial charge in [0.25, 0.3) is 0 Å². The van der Waals surface area contributed by atoms with Crippen molar-refractivity contribution in [1.29, 1.82) is 0 Å². The fourth-order valence-electron chi connectivity index (χ4n) is 9.98. The summed E-state index contributed by atoms with van der Waals surface area (Å²) in [6, 6.07) is -1.01. The van der Waals surface area contributed by atoms with E-state index in [0.717, 1.165) is 109 Å². The van der Waals surface area contributed by atoms with Gasteiger partial charge in [0.1, 0.15) is 73.2 Å². The van der Waals surface area contributed by atoms with E-state index in [1.807, 2.05) is 6.08 Å². The van der Waals surface area contributed by atoms with Crippen molar-refractivity contribution in [3.8, 4) is 0 Å². The fraction of sp³-hybridized carbons (Fsp3) is 0.691. The largest absolute Gasteiger partial charge is 0.394 e. The maximum atomic E-state index is 13.3. The lowest BCUT2D eigenvalue weighted by Crippen LogP contribution is -2.66. The molecule has 3 saturated heterocycles. The van der Waals surface area contributed by atoms with Crippen LogP contribution in [0.25, 0.3) is 0 Å². The predicted molar refractivity (Wildman–Crippen MR) is 336 cm³/mol. The number of unbranched alkanes of at least 4 members (excludes halogenated alkanes) is 12. The topological polar surface area (TPSA) is 307 Å². The van der Waals surface area contributed by atoms with Crippen molar-refractivity contribution in [2.75, 3.05) is 26.4 Å². The minimum atomic E-state index is -1.99. The number of rotatable bonds is 46. The third kappa shape index (κ3) is 31.7. The second-order valence-corrected chi connectivity index (χ2v) is 22.5. The van der Waals surface area contributed by atoms with E-state index in [1.54, 1.807) is 6.08 Å². The van der Waals surface area contributed by atoms with Gasteiger partial charge in [-0.05, 0) is 96.3 Å². The molecule has 0 aromatic carbocycles. The van der Waals surface area contributed by atoms with Gasteiger partial charge in [0.2, 0.25) is 5.91 Å². The van der Waals surface area contributed by atoms with Gasteiger partial charge in [-0.2, -0.15) is 0 Å². The van der Waals surface area contributed by atoms with Crippen LogP contribution in [0.2, 0.25) is 0 Å². The zero-order chi connectivity index (χ0) is 63.3. The molecule has 19 heteroatoms. The number of aliphatic hydroxyl groups is 11. The van der Waals surface area contributed by atoms with E-state index in [-0.39, 0.29) is 18.9 Å². The minimum Gasteiger partial charge on any atom is -0.394 e. The van der Waals surface area contributed by atoms with Crippen LogP contribution in [0, 0.1) is 0 Å². The number of hydrogen-bond donors (Lipinski definition) is 12. The molecule has 3 fully saturated rings. The maximum absolute atomic E-state index is 13.3. The minimum absolute atomic E-state index is 0.209. The van der Waals surface area contributed by atoms with E-state index in [9.17, 15) is 61.0 Å². The number of aliphatic hydroxyl groups excluding tert-OH is 11. The third-order valence-corrected chi connectivity index (χ3v) is 15.2. The van der Waals surface area contributed by atoms with Gasteiger partial charge >= 0.3 is 0 Å². The van der Waals surface area contributed by atoms with Crippen LogP contribution >= 0.6 is 0 Å². The number of carbonyl (C=O) groups excluding carboxylic acids is 1. The molecule has 496 valence electrons. The first-order chi connectivity index (χ1) is 42.3. The standard InChI is InChI=1S/C68H111NO18/c1-3-5-7-9-11-13-15-16-17-18-19-20-21-22-23-24-25-26-27-28-29-30-31-32-33-34-36-38-40-42-44-46-56(74)69-51(52(73)45-43-41-39-37-35-14-12-10-8-6-4-2)50-82-66-62(80)59(77)64(54(48-71)84-66)87-68-63(81)60(78)65(55(49-72)85-68)86-67-61(79)58(76)57(75)53(47-70)83-67/h5,7,11,13,16-17,19-20,22-23,25-26,28-29,31-32,35,37,43,45,51-55,57-68,70-73,75-81H,3-4,6,8-10,12,14-15,18,21,24,27,30,33-34,36,38-42,44,46-50H2,1-2H3,(H,69,74)/b7-5-,13-11-,17-16-,20-19-,23-22-,26-25-,29-28-,32-31-,37-35+,45-43+. The number of ether oxygens (including phenoxy) is 6. The van der Waals surface area contributed by atoms with Gasteiger partial charge in [0.05, 0.1) is 38.6 Å². The highest BCUT2D eigenvalue weighted by molar-refractivity contribution is 5.76. The summed E-state index contributed by atoms with van der Waals surface area (Å²) in [4.78, 5) is 13.3. The van der Waals surface area contributed by atoms with E-state index >= 15 is 0 Å². The summed E-state index contributed by atoms with van der Waals surface area (Å²) in [6.45, 7) is 1.51. The summed E-state index contributed by atoms with van der Waals surface area (Å²) >= 11 is 0. The van der Waals surface area contributed by atoms with Crippen molar-refractivity contribution in [2.24, 2.45) is 0 Å². The highest BCUT2D eigenvalue weighted by Gasteiger charge is 2.53. The van der Waals surface area contributed by atoms with Crippen LogP contribution in [0.1, 0.15) is 168 Å². The molecule has 17 atom stereocenters. The molecule has 17 unspecified atom stereocenters. The molecular weight excluding hydrogens is 1120 g/mol. The Morgan fingerprint density at radius 3 is 1.29 bits per heavy atom. The Labute approximate surface area is 518 Å². The van der Waals surface area contributed by atoms with Crippen LogP contribution in [-0.4, -0.2) is 193 Å². The van der Waals surface area contributed by atoms with Gasteiger partial charge in [-0.15, -0.1) is 0 Å². The van der Waals surface area contributed by atoms with Gasteiger partial charge < -0.3 is 89.9 Å². The van der Waals surface area contributed by atoms with Crippen molar-refractivity contribution in [1.82, 2.24) is 5.32 Å². The second kappa shape index (κ2) is 49.0. The zero-order valence-corrected chi connectivity index (χ0v) is 51.9. The lowest BCUT2D eigenvalue weighted by atomic mass is 9.96. The van der Waals surface area contributed by atoms with Crippen LogP contribution in [0.5, 0.6) is 0 Å². The molecule has 0 saturated carbocycles. The molecule has 3 heterocycles. The van der Waals surface area contributed by atoms with Crippen LogP contribution in [0.4, 0.5) is 0 Å². The lowest BCUT2D eigenvalue weighted by molar-refractivity contribution is -0.379. The molecule has 1 amide bonds. The molecule has 3 aliphatic heterocycles. The van der Waals surface area contributed by atoms with Crippen LogP contribution in [0.3, 0.4) is 0 Å². The molecule has 0 spiro atoms. The van der Waals surface area contributed by atoms with Gasteiger partial charge in [0, 0.05) is 6.42 Å². The predicted octanol–water partition coefficient (Wildman–Crippen LogP) is 7.26. The smallest absolute Gasteiger partial charge is 0.220 e. The second-order valence-electron chi connectivity index (χ2n) is 22.5. The molecule has 0 radical (unpaired) electrons. The van der Waals surface area contributed by atoms with Crippen LogP contribution in [0.15, 0.2) is 122 Å². The Morgan fingerprint density at radius 1 is 0.425 bits per heavy atom. The molecule has 3 rings (SSSR count). The molecule has 0 aromatic heterocycles. The SMILES string of the molecule is CC/C=C\C/C=C\C/C=C\C/C=C\C/C=C\C/C=C\C/C=C\C/C=C\CCCCCCCCC(=O)NC(COC1OC(CO)C(OC2OC(CO)C(OC3OC(CO)C(O)C(O)C3O)C(O)C2O)C(O)C1O)C(O)/C=C/CC/C=C/CCCCCCC. The molecule has 19 nitrogen and oxygen atoms in total. The van der Waals surface area contributed by atoms with Gasteiger partial charge in [0.15, 0.2) is 18.9 Å². The van der Waals surface area contributed by atoms with E-state index in [0.29, 0.717) is 12.8 Å². The summed E-state index contributed by atoms with van der Waals surface area (Å²) < 4.78 is 34.2. The zero-order valence-electron chi connectivity index (χ0n) is 51.9. The number of amides is 1. The maximum Gasteiger partial charge on any atom is 0.220 e. The first kappa shape index (κ1) is 77.4. The molecule has 0 aliphatic carbocycles. The Kier molecular flexibility index (Phi) is 43.6. The van der Waals surface area contributed by atoms with Crippen molar-refractivity contribution in [3.63, 3.8) is 0 Å². The molecule has 12 N–H and O–H groups in total. The van der Waals surface area contributed by atoms with Crippen molar-refractivity contribution >= 4 is 5.91 Å². The highest BCUT2D eigenvalue weighted by atomic mass is 16.8. The Balaban J connectivity index is 1.42. The average molecular weight is 1230 g/mol. The summed E-state index contributed by atoms with van der Waals surface area (Å²) in [6.07, 6.45) is 39.1. The first-order valence-corrected chi connectivity index (χ1v) is 32.3. The normalized spacial score (nSPS) is 29.4. The van der Waals surface area contributed by atoms with Crippen LogP contribution in [-0.2, 0) is 33.2 Å². The van der Waals surface area contributed by atoms with E-state index in [1.165, 1.54) is 25.7 Å². The third-order valence-electron chi connectivity index (χ3n) is 15.2. The fourth-order valence-corrected chi connectivity index (χ4v) is 9.98. The van der Waals surface area contributed by atoms with Gasteiger partial charge in [-0.1, -0.05) is 187 Å². The number of hydrogen-bond acceptors (Lipinski definition) is 18. The van der Waals surface area contributed by atoms with Crippen molar-refractivity contribution in [3.05, 3.63) is 122 Å². The highest BCUT2D eigenvalue weighted by Crippen LogP contribution is 2.33. The lowest BCUT2D eigenvalue weighted by Gasteiger charge is -2.48. The summed E-state index contributed by atoms with van der Waals surface area (Å²) in [5, 5.41) is 120. The monoisotopic (exact) mass is 1230 g/mol. The van der Waals surface area contributed by atoms with Gasteiger partial charge in [-0.3, -0.25) is 4.79 Å². The Hall–Kier alpha value is -3.81. The number of nitrogens with one attached hydrogen (secondary N) is 1. The number of allylic oxidation sites excluding steroid dienone is 19. The number of carbonyl (C=O) groups is 1. The molecule has 0 aromatic rings. The first-order valence-electron chi connectivity index (χ1n) is 32.3. The van der Waals surface area contributed by atoms with Crippen molar-refractivity contribution in [2.45, 2.75) is 272 Å². The van der Waals surface area contributed by atoms with Crippen LogP contribution < -0.4 is 5.32 Å². The Morgan fingerprint density at radius 2 is 0.805 bits per heavy atom. The molecule has 0 bridgehead atoms. The molecular formula is C68H111NO18. The average Bonchev–Trinajstić information content (AvgIpc) is 3.71. The van der Waals surface area contributed by atoms with E-state index in [2.05, 4.69) is 129 Å². The van der Waals surface area contributed by atoms with Crippen molar-refractivity contribution < 1.29 is 89.4 Å². The van der Waals surface area contributed by atoms with E-state index in [4.69, 9.17) is 28.4 Å². The molecule has 87 heavy (non-hydrogen) atoms. The quantitative estimate of drug-likeness (QED) is 0.0211. The molecule has 3 aliphatic rings. The van der Waals surface area contributed by atoms with E-state index < -0.39 is 124 Å².